The van der Waals surface area contributed by atoms with E-state index in [-0.39, 0.29) is 23.7 Å². The average molecular weight is 364 g/mol. The van der Waals surface area contributed by atoms with Gasteiger partial charge in [0, 0.05) is 38.5 Å². The van der Waals surface area contributed by atoms with E-state index in [9.17, 15) is 14.4 Å². The highest BCUT2D eigenvalue weighted by atomic mass is 16.4. The van der Waals surface area contributed by atoms with Crippen molar-refractivity contribution in [3.8, 4) is 0 Å². The fraction of sp³-hybridized carbons (Fsp3) is 0.850. The Morgan fingerprint density at radius 2 is 1.31 bits per heavy atom. The maximum Gasteiger partial charge on any atom is 0.306 e. The van der Waals surface area contributed by atoms with Gasteiger partial charge < -0.3 is 14.9 Å². The lowest BCUT2D eigenvalue weighted by Gasteiger charge is -2.30. The lowest BCUT2D eigenvalue weighted by atomic mass is 9.81. The van der Waals surface area contributed by atoms with Crippen molar-refractivity contribution in [3.05, 3.63) is 0 Å². The van der Waals surface area contributed by atoms with Gasteiger partial charge in [-0.15, -0.1) is 0 Å². The number of carbonyl (C=O) groups excluding carboxylic acids is 2. The summed E-state index contributed by atoms with van der Waals surface area (Å²) in [7, 11) is 0. The molecule has 3 aliphatic rings. The first-order valence-electron chi connectivity index (χ1n) is 10.3. The third-order valence-corrected chi connectivity index (χ3v) is 6.52. The highest BCUT2D eigenvalue weighted by Crippen LogP contribution is 2.31. The van der Waals surface area contributed by atoms with Crippen LogP contribution in [0.1, 0.15) is 64.2 Å². The van der Waals surface area contributed by atoms with Gasteiger partial charge in [-0.05, 0) is 50.9 Å². The molecule has 0 atom stereocenters. The zero-order valence-corrected chi connectivity index (χ0v) is 15.7. The summed E-state index contributed by atoms with van der Waals surface area (Å²) in [6.07, 6.45) is 8.95. The van der Waals surface area contributed by atoms with E-state index >= 15 is 0 Å². The Morgan fingerprint density at radius 1 is 0.731 bits per heavy atom. The van der Waals surface area contributed by atoms with Gasteiger partial charge in [-0.2, -0.15) is 0 Å². The van der Waals surface area contributed by atoms with Crippen LogP contribution in [-0.2, 0) is 14.4 Å². The fourth-order valence-electron chi connectivity index (χ4n) is 4.82. The maximum atomic E-state index is 12.8. The molecule has 0 aromatic rings. The van der Waals surface area contributed by atoms with Crippen LogP contribution >= 0.6 is 0 Å². The molecule has 6 nitrogen and oxygen atoms in total. The molecule has 2 saturated carbocycles. The Morgan fingerprint density at radius 3 is 1.96 bits per heavy atom. The monoisotopic (exact) mass is 364 g/mol. The Hall–Kier alpha value is -1.59. The van der Waals surface area contributed by atoms with Crippen molar-refractivity contribution < 1.29 is 19.5 Å². The van der Waals surface area contributed by atoms with E-state index < -0.39 is 5.97 Å². The summed E-state index contributed by atoms with van der Waals surface area (Å²) in [5.41, 5.74) is 0. The number of nitrogens with zero attached hydrogens (tertiary/aromatic N) is 2. The summed E-state index contributed by atoms with van der Waals surface area (Å²) in [6.45, 7) is 2.72. The molecule has 2 amide bonds. The highest BCUT2D eigenvalue weighted by Gasteiger charge is 2.33. The number of carbonyl (C=O) groups is 3. The van der Waals surface area contributed by atoms with Crippen molar-refractivity contribution in [2.24, 2.45) is 17.8 Å². The second-order valence-electron chi connectivity index (χ2n) is 8.30. The van der Waals surface area contributed by atoms with E-state index in [2.05, 4.69) is 0 Å². The minimum absolute atomic E-state index is 0.0358. The summed E-state index contributed by atoms with van der Waals surface area (Å²) in [5.74, 6) is -0.0692. The summed E-state index contributed by atoms with van der Waals surface area (Å²) in [4.78, 5) is 40.3. The largest absolute Gasteiger partial charge is 0.481 e. The van der Waals surface area contributed by atoms with Crippen LogP contribution in [0.15, 0.2) is 0 Å². The van der Waals surface area contributed by atoms with E-state index in [1.807, 2.05) is 9.80 Å². The fourth-order valence-corrected chi connectivity index (χ4v) is 4.82. The van der Waals surface area contributed by atoms with Crippen molar-refractivity contribution in [1.29, 1.82) is 0 Å². The molecule has 6 heteroatoms. The molecule has 1 heterocycles. The number of carboxylic acids is 1. The topological polar surface area (TPSA) is 77.9 Å². The molecule has 3 fully saturated rings. The number of carboxylic acid groups (broad SMARTS) is 1. The standard InChI is InChI=1S/C20H32N2O4/c23-18(14-15-4-1-2-5-15)21-10-3-11-22(13-12-21)19(24)16-6-8-17(9-7-16)20(25)26/h15-17H,1-14H2,(H,25,26). The smallest absolute Gasteiger partial charge is 0.306 e. The summed E-state index contributed by atoms with van der Waals surface area (Å²) in [5, 5.41) is 9.10. The van der Waals surface area contributed by atoms with Gasteiger partial charge in [-0.3, -0.25) is 14.4 Å². The second-order valence-corrected chi connectivity index (χ2v) is 8.30. The Labute approximate surface area is 155 Å². The maximum absolute atomic E-state index is 12.8. The molecule has 146 valence electrons. The van der Waals surface area contributed by atoms with Gasteiger partial charge in [0.15, 0.2) is 0 Å². The van der Waals surface area contributed by atoms with Crippen LogP contribution < -0.4 is 0 Å². The van der Waals surface area contributed by atoms with Gasteiger partial charge in [-0.25, -0.2) is 0 Å². The normalized spacial score (nSPS) is 28.0. The van der Waals surface area contributed by atoms with Crippen molar-refractivity contribution in [1.82, 2.24) is 9.80 Å². The number of aliphatic carboxylic acids is 1. The molecule has 3 rings (SSSR count). The van der Waals surface area contributed by atoms with Gasteiger partial charge in [0.05, 0.1) is 5.92 Å². The van der Waals surface area contributed by atoms with Gasteiger partial charge >= 0.3 is 5.97 Å². The molecule has 1 aliphatic heterocycles. The van der Waals surface area contributed by atoms with Crippen molar-refractivity contribution in [3.63, 3.8) is 0 Å². The van der Waals surface area contributed by atoms with Crippen molar-refractivity contribution in [2.75, 3.05) is 26.2 Å². The van der Waals surface area contributed by atoms with Gasteiger partial charge in [0.25, 0.3) is 0 Å². The molecule has 1 saturated heterocycles. The average Bonchev–Trinajstić information content (AvgIpc) is 3.02. The molecule has 0 aromatic carbocycles. The van der Waals surface area contributed by atoms with Crippen LogP contribution in [0, 0.1) is 17.8 Å². The van der Waals surface area contributed by atoms with E-state index in [1.54, 1.807) is 0 Å². The molecule has 0 spiro atoms. The Bertz CT molecular complexity index is 522. The zero-order chi connectivity index (χ0) is 18.5. The van der Waals surface area contributed by atoms with E-state index in [0.29, 0.717) is 57.7 Å². The third kappa shape index (κ3) is 4.77. The molecule has 0 aromatic heterocycles. The SMILES string of the molecule is O=C(O)C1CCC(C(=O)N2CCCN(C(=O)CC3CCCC3)CC2)CC1. The van der Waals surface area contributed by atoms with Gasteiger partial charge in [-0.1, -0.05) is 12.8 Å². The minimum atomic E-state index is -0.734. The first-order valence-corrected chi connectivity index (χ1v) is 10.3. The zero-order valence-electron chi connectivity index (χ0n) is 15.7. The summed E-state index contributed by atoms with van der Waals surface area (Å²) >= 11 is 0. The van der Waals surface area contributed by atoms with Crippen LogP contribution in [0.4, 0.5) is 0 Å². The predicted molar refractivity (Wildman–Crippen MR) is 97.4 cm³/mol. The molecule has 2 aliphatic carbocycles. The predicted octanol–water partition coefficient (Wildman–Crippen LogP) is 2.52. The van der Waals surface area contributed by atoms with Crippen molar-refractivity contribution >= 4 is 17.8 Å². The highest BCUT2D eigenvalue weighted by molar-refractivity contribution is 5.80. The molecular weight excluding hydrogens is 332 g/mol. The van der Waals surface area contributed by atoms with E-state index in [4.69, 9.17) is 5.11 Å². The lowest BCUT2D eigenvalue weighted by molar-refractivity contribution is -0.145. The van der Waals surface area contributed by atoms with Crippen LogP contribution in [-0.4, -0.2) is 58.9 Å². The molecule has 0 bridgehead atoms. The van der Waals surface area contributed by atoms with E-state index in [1.165, 1.54) is 25.7 Å². The number of hydrogen-bond donors (Lipinski definition) is 1. The van der Waals surface area contributed by atoms with Crippen LogP contribution in [0.5, 0.6) is 0 Å². The quantitative estimate of drug-likeness (QED) is 0.831. The number of amides is 2. The molecule has 0 unspecified atom stereocenters. The van der Waals surface area contributed by atoms with Crippen LogP contribution in [0.25, 0.3) is 0 Å². The summed E-state index contributed by atoms with van der Waals surface area (Å²) in [6, 6.07) is 0. The number of hydrogen-bond acceptors (Lipinski definition) is 3. The molecule has 26 heavy (non-hydrogen) atoms. The summed E-state index contributed by atoms with van der Waals surface area (Å²) < 4.78 is 0. The molecule has 0 radical (unpaired) electrons. The van der Waals surface area contributed by atoms with E-state index in [0.717, 1.165) is 13.0 Å². The first kappa shape index (κ1) is 19.2. The van der Waals surface area contributed by atoms with Crippen LogP contribution in [0.3, 0.4) is 0 Å². The Kier molecular flexibility index (Phi) is 6.54. The van der Waals surface area contributed by atoms with Gasteiger partial charge in [0.1, 0.15) is 0 Å². The second kappa shape index (κ2) is 8.87. The molecule has 1 N–H and O–H groups in total. The van der Waals surface area contributed by atoms with Crippen molar-refractivity contribution in [2.45, 2.75) is 64.2 Å². The minimum Gasteiger partial charge on any atom is -0.481 e. The number of rotatable bonds is 4. The molecular formula is C20H32N2O4. The van der Waals surface area contributed by atoms with Crippen LogP contribution in [0.2, 0.25) is 0 Å². The third-order valence-electron chi connectivity index (χ3n) is 6.52. The first-order chi connectivity index (χ1) is 12.5. The van der Waals surface area contributed by atoms with Gasteiger partial charge in [0.2, 0.25) is 11.8 Å². The Balaban J connectivity index is 1.46. The lowest BCUT2D eigenvalue weighted by Crippen LogP contribution is -2.41.